The van der Waals surface area contributed by atoms with Gasteiger partial charge in [0.2, 0.25) is 11.8 Å². The molecule has 2 amide bonds. The lowest BCUT2D eigenvalue weighted by Gasteiger charge is -2.34. The zero-order valence-corrected chi connectivity index (χ0v) is 23.2. The molecule has 1 atom stereocenters. The molecule has 3 aromatic rings. The lowest BCUT2D eigenvalue weighted by atomic mass is 10.0. The highest BCUT2D eigenvalue weighted by Crippen LogP contribution is 2.23. The van der Waals surface area contributed by atoms with Crippen LogP contribution in [0.1, 0.15) is 37.5 Å². The summed E-state index contributed by atoms with van der Waals surface area (Å²) in [6.45, 7) is 6.09. The highest BCUT2D eigenvalue weighted by Gasteiger charge is 2.32. The van der Waals surface area contributed by atoms with Crippen molar-refractivity contribution in [1.29, 1.82) is 0 Å². The van der Waals surface area contributed by atoms with Gasteiger partial charge in [-0.25, -0.2) is 0 Å². The van der Waals surface area contributed by atoms with Crippen LogP contribution in [-0.4, -0.2) is 34.0 Å². The maximum absolute atomic E-state index is 13.7. The molecule has 0 spiro atoms. The molecule has 36 heavy (non-hydrogen) atoms. The van der Waals surface area contributed by atoms with Gasteiger partial charge in [0.1, 0.15) is 6.04 Å². The molecule has 4 nitrogen and oxygen atoms in total. The Balaban J connectivity index is 1.88. The summed E-state index contributed by atoms with van der Waals surface area (Å²) in [5.74, 6) is 0.531. The number of thioether (sulfide) groups is 1. The number of carbonyl (C=O) groups excluding carboxylic acids is 2. The van der Waals surface area contributed by atoms with E-state index in [1.807, 2.05) is 93.6 Å². The number of amides is 2. The molecular weight excluding hydrogens is 511 g/mol. The molecule has 0 bridgehead atoms. The van der Waals surface area contributed by atoms with Gasteiger partial charge < -0.3 is 10.2 Å². The number of carbonyl (C=O) groups is 2. The van der Waals surface area contributed by atoms with Crippen molar-refractivity contribution < 1.29 is 9.59 Å². The van der Waals surface area contributed by atoms with E-state index in [1.54, 1.807) is 11.0 Å². The molecule has 190 valence electrons. The van der Waals surface area contributed by atoms with E-state index in [0.29, 0.717) is 22.2 Å². The monoisotopic (exact) mass is 542 g/mol. The third-order valence-electron chi connectivity index (χ3n) is 5.45. The lowest BCUT2D eigenvalue weighted by Crippen LogP contribution is -2.54. The number of rotatable bonds is 10. The largest absolute Gasteiger partial charge is 0.350 e. The smallest absolute Gasteiger partial charge is 0.243 e. The van der Waals surface area contributed by atoms with Gasteiger partial charge in [0.05, 0.1) is 5.75 Å². The number of hydrogen-bond acceptors (Lipinski definition) is 3. The second-order valence-corrected chi connectivity index (χ2v) is 11.5. The molecule has 0 saturated carbocycles. The summed E-state index contributed by atoms with van der Waals surface area (Å²) in [4.78, 5) is 28.9. The van der Waals surface area contributed by atoms with Crippen molar-refractivity contribution in [2.75, 3.05) is 5.75 Å². The molecule has 0 saturated heterocycles. The fourth-order valence-corrected chi connectivity index (χ4v) is 5.19. The van der Waals surface area contributed by atoms with Crippen LogP contribution in [0.15, 0.2) is 78.9 Å². The Morgan fingerprint density at radius 1 is 0.917 bits per heavy atom. The number of nitrogens with one attached hydrogen (secondary N) is 1. The molecule has 0 aliphatic carbocycles. The second kappa shape index (κ2) is 13.2. The summed E-state index contributed by atoms with van der Waals surface area (Å²) in [6, 6.07) is 24.1. The minimum atomic E-state index is -0.681. The van der Waals surface area contributed by atoms with Gasteiger partial charge in [0.25, 0.3) is 0 Å². The second-order valence-electron chi connectivity index (χ2n) is 9.68. The first-order chi connectivity index (χ1) is 17.1. The van der Waals surface area contributed by atoms with Gasteiger partial charge in [0, 0.05) is 34.3 Å². The average molecular weight is 544 g/mol. The van der Waals surface area contributed by atoms with Crippen LogP contribution < -0.4 is 5.32 Å². The Bertz CT molecular complexity index is 1170. The third kappa shape index (κ3) is 8.88. The Hall–Kier alpha value is -2.47. The summed E-state index contributed by atoms with van der Waals surface area (Å²) in [6.07, 6.45) is 0.407. The number of halogens is 2. The van der Waals surface area contributed by atoms with E-state index in [1.165, 1.54) is 11.8 Å². The Labute approximate surface area is 228 Å². The summed E-state index contributed by atoms with van der Waals surface area (Å²) < 4.78 is 0. The van der Waals surface area contributed by atoms with Gasteiger partial charge in [-0.05, 0) is 55.7 Å². The maximum atomic E-state index is 13.7. The zero-order valence-electron chi connectivity index (χ0n) is 20.8. The molecule has 0 fully saturated rings. The van der Waals surface area contributed by atoms with Gasteiger partial charge in [-0.15, -0.1) is 11.8 Å². The van der Waals surface area contributed by atoms with Gasteiger partial charge in [-0.3, -0.25) is 9.59 Å². The fraction of sp³-hybridized carbons (Fsp3) is 0.310. The average Bonchev–Trinajstić information content (AvgIpc) is 2.82. The number of hydrogen-bond donors (Lipinski definition) is 1. The van der Waals surface area contributed by atoms with Gasteiger partial charge >= 0.3 is 0 Å². The standard InChI is InChI=1S/C29H32Cl2N2O2S/c1-29(2,3)32-28(35)26(17-21-10-5-4-6-11-21)33(18-22-12-9-14-24(30)16-22)27(34)20-36-19-23-13-7-8-15-25(23)31/h4-16,26H,17-20H2,1-3H3,(H,32,35)/t26-/m1/s1. The SMILES string of the molecule is CC(C)(C)NC(=O)[C@@H](Cc1ccccc1)N(Cc1cccc(Cl)c1)C(=O)CSCc1ccccc1Cl. The van der Waals surface area contributed by atoms with E-state index < -0.39 is 11.6 Å². The van der Waals surface area contributed by atoms with Crippen molar-refractivity contribution in [3.8, 4) is 0 Å². The fourth-order valence-electron chi connectivity index (χ4n) is 3.79. The van der Waals surface area contributed by atoms with Crippen LogP contribution in [0.2, 0.25) is 10.0 Å². The van der Waals surface area contributed by atoms with E-state index in [9.17, 15) is 9.59 Å². The molecule has 1 N–H and O–H groups in total. The van der Waals surface area contributed by atoms with Crippen molar-refractivity contribution in [2.45, 2.75) is 51.1 Å². The summed E-state index contributed by atoms with van der Waals surface area (Å²) in [5.41, 5.74) is 2.40. The normalized spacial score (nSPS) is 12.1. The molecule has 0 aromatic heterocycles. The highest BCUT2D eigenvalue weighted by molar-refractivity contribution is 7.99. The van der Waals surface area contributed by atoms with E-state index in [4.69, 9.17) is 23.2 Å². The van der Waals surface area contributed by atoms with Crippen LogP contribution in [0.4, 0.5) is 0 Å². The number of nitrogens with zero attached hydrogens (tertiary/aromatic N) is 1. The van der Waals surface area contributed by atoms with E-state index in [2.05, 4.69) is 5.32 Å². The van der Waals surface area contributed by atoms with E-state index >= 15 is 0 Å². The van der Waals surface area contributed by atoms with Crippen LogP contribution in [0.5, 0.6) is 0 Å². The summed E-state index contributed by atoms with van der Waals surface area (Å²) in [5, 5.41) is 4.35. The minimum Gasteiger partial charge on any atom is -0.350 e. The predicted octanol–water partition coefficient (Wildman–Crippen LogP) is 6.78. The summed E-state index contributed by atoms with van der Waals surface area (Å²) >= 11 is 14.0. The van der Waals surface area contributed by atoms with Gasteiger partial charge in [-0.1, -0.05) is 83.9 Å². The molecule has 7 heteroatoms. The minimum absolute atomic E-state index is 0.114. The van der Waals surface area contributed by atoms with E-state index in [-0.39, 0.29) is 24.1 Å². The molecule has 3 rings (SSSR count). The molecular formula is C29H32Cl2N2O2S. The van der Waals surface area contributed by atoms with Crippen molar-refractivity contribution in [2.24, 2.45) is 0 Å². The van der Waals surface area contributed by atoms with Crippen LogP contribution in [0, 0.1) is 0 Å². The topological polar surface area (TPSA) is 49.4 Å². The first-order valence-corrected chi connectivity index (χ1v) is 13.7. The molecule has 0 heterocycles. The first kappa shape index (κ1) is 28.1. The van der Waals surface area contributed by atoms with Crippen LogP contribution >= 0.6 is 35.0 Å². The molecule has 3 aromatic carbocycles. The lowest BCUT2D eigenvalue weighted by molar-refractivity contribution is -0.140. The third-order valence-corrected chi connectivity index (χ3v) is 7.02. The van der Waals surface area contributed by atoms with Crippen molar-refractivity contribution >= 4 is 46.8 Å². The molecule has 0 unspecified atom stereocenters. The number of benzene rings is 3. The highest BCUT2D eigenvalue weighted by atomic mass is 35.5. The van der Waals surface area contributed by atoms with E-state index in [0.717, 1.165) is 16.7 Å². The van der Waals surface area contributed by atoms with Crippen LogP contribution in [-0.2, 0) is 28.3 Å². The Morgan fingerprint density at radius 2 is 1.58 bits per heavy atom. The van der Waals surface area contributed by atoms with Crippen molar-refractivity contribution in [3.05, 3.63) is 106 Å². The maximum Gasteiger partial charge on any atom is 0.243 e. The summed E-state index contributed by atoms with van der Waals surface area (Å²) in [7, 11) is 0. The van der Waals surface area contributed by atoms with Gasteiger partial charge in [-0.2, -0.15) is 0 Å². The first-order valence-electron chi connectivity index (χ1n) is 11.8. The molecule has 0 aliphatic rings. The molecule has 0 radical (unpaired) electrons. The van der Waals surface area contributed by atoms with Crippen LogP contribution in [0.25, 0.3) is 0 Å². The van der Waals surface area contributed by atoms with Crippen molar-refractivity contribution in [1.82, 2.24) is 10.2 Å². The predicted molar refractivity (Wildman–Crippen MR) is 151 cm³/mol. The zero-order chi connectivity index (χ0) is 26.1. The van der Waals surface area contributed by atoms with Crippen molar-refractivity contribution in [3.63, 3.8) is 0 Å². The Morgan fingerprint density at radius 3 is 2.25 bits per heavy atom. The Kier molecular flexibility index (Phi) is 10.3. The molecule has 0 aliphatic heterocycles. The quantitative estimate of drug-likeness (QED) is 0.307. The van der Waals surface area contributed by atoms with Crippen LogP contribution in [0.3, 0.4) is 0 Å². The van der Waals surface area contributed by atoms with Gasteiger partial charge in [0.15, 0.2) is 0 Å².